The van der Waals surface area contributed by atoms with Crippen molar-refractivity contribution in [1.29, 1.82) is 0 Å². The Balaban J connectivity index is 1.66. The number of nitrogens with zero attached hydrogens (tertiary/aromatic N) is 2. The van der Waals surface area contributed by atoms with E-state index in [0.29, 0.717) is 19.0 Å². The molecular formula is C15H19F2N5O3. The number of benzene rings is 1. The first-order chi connectivity index (χ1) is 12.0. The first kappa shape index (κ1) is 18.4. The van der Waals surface area contributed by atoms with E-state index < -0.39 is 17.7 Å². The van der Waals surface area contributed by atoms with Crippen LogP contribution < -0.4 is 20.7 Å². The number of amides is 3. The maximum absolute atomic E-state index is 13.4. The van der Waals surface area contributed by atoms with Crippen LogP contribution in [0.4, 0.5) is 13.6 Å². The zero-order valence-corrected chi connectivity index (χ0v) is 13.6. The van der Waals surface area contributed by atoms with E-state index in [0.717, 1.165) is 17.0 Å². The molecule has 1 heterocycles. The Labute approximate surface area is 143 Å². The Kier molecular flexibility index (Phi) is 6.49. The fourth-order valence-corrected chi connectivity index (χ4v) is 2.11. The van der Waals surface area contributed by atoms with Crippen molar-refractivity contribution in [2.45, 2.75) is 0 Å². The topological polar surface area (TPSA) is 95.1 Å². The lowest BCUT2D eigenvalue weighted by Crippen LogP contribution is -2.44. The monoisotopic (exact) mass is 355 g/mol. The van der Waals surface area contributed by atoms with Crippen LogP contribution in [0.25, 0.3) is 0 Å². The van der Waals surface area contributed by atoms with E-state index in [-0.39, 0.29) is 31.4 Å². The number of imide groups is 1. The van der Waals surface area contributed by atoms with Gasteiger partial charge in [-0.2, -0.15) is 0 Å². The molecule has 0 atom stereocenters. The number of aliphatic imine (C=N–C) groups is 1. The van der Waals surface area contributed by atoms with Crippen LogP contribution in [0.3, 0.4) is 0 Å². The second-order valence-corrected chi connectivity index (χ2v) is 5.05. The van der Waals surface area contributed by atoms with Crippen LogP contribution in [-0.2, 0) is 4.79 Å². The largest absolute Gasteiger partial charge is 0.489 e. The summed E-state index contributed by atoms with van der Waals surface area (Å²) in [7, 11) is 1.56. The van der Waals surface area contributed by atoms with E-state index in [9.17, 15) is 18.4 Å². The Morgan fingerprint density at radius 2 is 2.08 bits per heavy atom. The quantitative estimate of drug-likeness (QED) is 0.278. The summed E-state index contributed by atoms with van der Waals surface area (Å²) in [4.78, 5) is 27.9. The molecule has 1 aliphatic heterocycles. The maximum atomic E-state index is 13.4. The highest BCUT2D eigenvalue weighted by Crippen LogP contribution is 2.17. The lowest BCUT2D eigenvalue weighted by Gasteiger charge is -2.15. The molecule has 1 aromatic rings. The van der Waals surface area contributed by atoms with E-state index in [1.54, 1.807) is 7.05 Å². The zero-order valence-electron chi connectivity index (χ0n) is 13.6. The fourth-order valence-electron chi connectivity index (χ4n) is 2.11. The molecule has 0 spiro atoms. The molecule has 0 aliphatic carbocycles. The first-order valence-corrected chi connectivity index (χ1v) is 7.62. The number of carbonyl (C=O) groups excluding carboxylic acids is 2. The van der Waals surface area contributed by atoms with Gasteiger partial charge in [0.2, 0.25) is 5.91 Å². The van der Waals surface area contributed by atoms with Gasteiger partial charge in [0, 0.05) is 26.2 Å². The van der Waals surface area contributed by atoms with Gasteiger partial charge in [-0.1, -0.05) is 0 Å². The number of hydrogen-bond donors (Lipinski definition) is 3. The van der Waals surface area contributed by atoms with Gasteiger partial charge in [0.25, 0.3) is 0 Å². The summed E-state index contributed by atoms with van der Waals surface area (Å²) in [5, 5.41) is 8.30. The molecule has 0 saturated carbocycles. The molecule has 1 aliphatic rings. The van der Waals surface area contributed by atoms with Gasteiger partial charge in [-0.3, -0.25) is 14.7 Å². The highest BCUT2D eigenvalue weighted by molar-refractivity contribution is 6.01. The van der Waals surface area contributed by atoms with Crippen molar-refractivity contribution in [3.8, 4) is 5.75 Å². The smallest absolute Gasteiger partial charge is 0.324 e. The SMILES string of the molecule is CN=C(NCCOc1ccc(F)cc1F)NCCN1C(=O)CNC1=O. The van der Waals surface area contributed by atoms with Gasteiger partial charge in [0.1, 0.15) is 12.4 Å². The second-order valence-electron chi connectivity index (χ2n) is 5.05. The Morgan fingerprint density at radius 3 is 2.72 bits per heavy atom. The average molecular weight is 355 g/mol. The van der Waals surface area contributed by atoms with Crippen molar-refractivity contribution >= 4 is 17.9 Å². The predicted molar refractivity (Wildman–Crippen MR) is 86.3 cm³/mol. The molecule has 0 aromatic heterocycles. The standard InChI is InChI=1S/C15H19F2N5O3/c1-18-14(19-4-6-22-13(23)9-21-15(22)24)20-5-7-25-12-3-2-10(16)8-11(12)17/h2-3,8H,4-7,9H2,1H3,(H,21,24)(H2,18,19,20). The second kappa shape index (κ2) is 8.81. The normalized spacial score (nSPS) is 14.5. The van der Waals surface area contributed by atoms with Crippen molar-refractivity contribution in [3.05, 3.63) is 29.8 Å². The highest BCUT2D eigenvalue weighted by Gasteiger charge is 2.27. The van der Waals surface area contributed by atoms with Crippen LogP contribution in [0.1, 0.15) is 0 Å². The summed E-state index contributed by atoms with van der Waals surface area (Å²) < 4.78 is 31.4. The molecule has 2 rings (SSSR count). The summed E-state index contributed by atoms with van der Waals surface area (Å²) in [6, 6.07) is 2.67. The summed E-state index contributed by atoms with van der Waals surface area (Å²) in [5.74, 6) is -1.31. The van der Waals surface area contributed by atoms with E-state index in [1.807, 2.05) is 0 Å². The predicted octanol–water partition coefficient (Wildman–Crippen LogP) is 0.0604. The zero-order chi connectivity index (χ0) is 18.2. The lowest BCUT2D eigenvalue weighted by atomic mass is 10.3. The Hall–Kier alpha value is -2.91. The highest BCUT2D eigenvalue weighted by atomic mass is 19.1. The van der Waals surface area contributed by atoms with Gasteiger partial charge in [0.15, 0.2) is 17.5 Å². The summed E-state index contributed by atoms with van der Waals surface area (Å²) in [5.41, 5.74) is 0. The molecule has 1 aromatic carbocycles. The average Bonchev–Trinajstić information content (AvgIpc) is 2.90. The van der Waals surface area contributed by atoms with Crippen molar-refractivity contribution < 1.29 is 23.1 Å². The Bertz CT molecular complexity index is 653. The third-order valence-electron chi connectivity index (χ3n) is 3.33. The number of ether oxygens (including phenoxy) is 1. The van der Waals surface area contributed by atoms with E-state index in [2.05, 4.69) is 20.9 Å². The van der Waals surface area contributed by atoms with Crippen LogP contribution >= 0.6 is 0 Å². The van der Waals surface area contributed by atoms with E-state index in [1.165, 1.54) is 6.07 Å². The van der Waals surface area contributed by atoms with Crippen molar-refractivity contribution in [2.75, 3.05) is 39.8 Å². The molecule has 0 bridgehead atoms. The molecule has 3 amide bonds. The third kappa shape index (κ3) is 5.30. The van der Waals surface area contributed by atoms with Crippen LogP contribution in [0, 0.1) is 11.6 Å². The first-order valence-electron chi connectivity index (χ1n) is 7.62. The van der Waals surface area contributed by atoms with Gasteiger partial charge in [0.05, 0.1) is 13.1 Å². The molecule has 136 valence electrons. The minimum atomic E-state index is -0.768. The summed E-state index contributed by atoms with van der Waals surface area (Å²) in [6.45, 7) is 1.01. The summed E-state index contributed by atoms with van der Waals surface area (Å²) in [6.07, 6.45) is 0. The van der Waals surface area contributed by atoms with Crippen LogP contribution in [0.15, 0.2) is 23.2 Å². The lowest BCUT2D eigenvalue weighted by molar-refractivity contribution is -0.124. The van der Waals surface area contributed by atoms with Gasteiger partial charge in [-0.25, -0.2) is 13.6 Å². The molecule has 0 unspecified atom stereocenters. The van der Waals surface area contributed by atoms with E-state index >= 15 is 0 Å². The molecule has 1 fully saturated rings. The number of carbonyl (C=O) groups is 2. The van der Waals surface area contributed by atoms with Crippen LogP contribution in [-0.4, -0.2) is 62.6 Å². The number of halogens is 2. The van der Waals surface area contributed by atoms with Gasteiger partial charge in [-0.15, -0.1) is 0 Å². The minimum absolute atomic E-state index is 0.0170. The van der Waals surface area contributed by atoms with Gasteiger partial charge >= 0.3 is 6.03 Å². The van der Waals surface area contributed by atoms with Gasteiger partial charge in [-0.05, 0) is 12.1 Å². The van der Waals surface area contributed by atoms with Gasteiger partial charge < -0.3 is 20.7 Å². The van der Waals surface area contributed by atoms with Crippen molar-refractivity contribution in [2.24, 2.45) is 4.99 Å². The van der Waals surface area contributed by atoms with Crippen LogP contribution in [0.2, 0.25) is 0 Å². The number of hydrogen-bond acceptors (Lipinski definition) is 4. The summed E-state index contributed by atoms with van der Waals surface area (Å²) >= 11 is 0. The minimum Gasteiger partial charge on any atom is -0.489 e. The number of nitrogens with one attached hydrogen (secondary N) is 3. The molecular weight excluding hydrogens is 336 g/mol. The van der Waals surface area contributed by atoms with Crippen LogP contribution in [0.5, 0.6) is 5.75 Å². The molecule has 1 saturated heterocycles. The number of rotatable bonds is 7. The maximum Gasteiger partial charge on any atom is 0.324 e. The van der Waals surface area contributed by atoms with E-state index in [4.69, 9.17) is 4.74 Å². The molecule has 0 radical (unpaired) electrons. The molecule has 10 heteroatoms. The molecule has 25 heavy (non-hydrogen) atoms. The number of guanidine groups is 1. The Morgan fingerprint density at radius 1 is 1.32 bits per heavy atom. The van der Waals surface area contributed by atoms with Crippen molar-refractivity contribution in [1.82, 2.24) is 20.9 Å². The van der Waals surface area contributed by atoms with Crippen molar-refractivity contribution in [3.63, 3.8) is 0 Å². The third-order valence-corrected chi connectivity index (χ3v) is 3.33. The fraction of sp³-hybridized carbons (Fsp3) is 0.400. The number of urea groups is 1. The molecule has 3 N–H and O–H groups in total. The molecule has 8 nitrogen and oxygen atoms in total.